The molecule has 1 fully saturated rings. The molecule has 0 aliphatic carbocycles. The molecule has 0 bridgehead atoms. The van der Waals surface area contributed by atoms with Crippen LogP contribution >= 0.6 is 0 Å². The van der Waals surface area contributed by atoms with Gasteiger partial charge in [-0.3, -0.25) is 4.79 Å². The maximum Gasteiger partial charge on any atom is 0.292 e. The number of fused-ring (bicyclic) bond motifs is 1. The third-order valence-electron chi connectivity index (χ3n) is 5.04. The van der Waals surface area contributed by atoms with E-state index in [0.717, 1.165) is 36.1 Å². The number of rotatable bonds is 3. The van der Waals surface area contributed by atoms with Crippen LogP contribution in [0.3, 0.4) is 0 Å². The Morgan fingerprint density at radius 3 is 3.00 bits per heavy atom. The molecule has 1 aromatic heterocycles. The summed E-state index contributed by atoms with van der Waals surface area (Å²) in [5.74, 6) is 0.907. The van der Waals surface area contributed by atoms with Gasteiger partial charge in [0.1, 0.15) is 11.4 Å². The van der Waals surface area contributed by atoms with Gasteiger partial charge in [-0.05, 0) is 50.5 Å². The van der Waals surface area contributed by atoms with Crippen LogP contribution < -0.4 is 4.74 Å². The minimum absolute atomic E-state index is 0.203. The molecule has 2 aromatic rings. The standard InChI is InChI=1S/C19H22N2O4/c1-19(2,23)17-4-3-8-21(17)18(22)16-11-14(20-25-16)12-5-6-15-13(10-12)7-9-24-15/h5-6,10-11,17,23H,3-4,7-9H2,1-2H3. The quantitative estimate of drug-likeness (QED) is 0.928. The minimum atomic E-state index is -0.936. The number of carbonyl (C=O) groups is 1. The van der Waals surface area contributed by atoms with Crippen molar-refractivity contribution in [3.05, 3.63) is 35.6 Å². The summed E-state index contributed by atoms with van der Waals surface area (Å²) in [5.41, 5.74) is 1.76. The molecule has 1 N–H and O–H groups in total. The van der Waals surface area contributed by atoms with Crippen molar-refractivity contribution in [3.63, 3.8) is 0 Å². The van der Waals surface area contributed by atoms with Crippen molar-refractivity contribution in [3.8, 4) is 17.0 Å². The maximum atomic E-state index is 12.8. The Bertz CT molecular complexity index is 806. The molecule has 2 aliphatic heterocycles. The SMILES string of the molecule is CC(C)(O)C1CCCN1C(=O)c1cc(-c2ccc3c(c2)CCO3)no1. The number of nitrogens with zero attached hydrogens (tertiary/aromatic N) is 2. The van der Waals surface area contributed by atoms with E-state index in [1.54, 1.807) is 24.8 Å². The summed E-state index contributed by atoms with van der Waals surface area (Å²) in [6, 6.07) is 7.36. The first-order chi connectivity index (χ1) is 11.9. The van der Waals surface area contributed by atoms with Gasteiger partial charge in [-0.2, -0.15) is 0 Å². The molecule has 1 saturated heterocycles. The Morgan fingerprint density at radius 1 is 1.36 bits per heavy atom. The minimum Gasteiger partial charge on any atom is -0.493 e. The largest absolute Gasteiger partial charge is 0.493 e. The van der Waals surface area contributed by atoms with Crippen LogP contribution in [-0.4, -0.2) is 45.9 Å². The Balaban J connectivity index is 1.58. The van der Waals surface area contributed by atoms with E-state index in [1.807, 2.05) is 18.2 Å². The van der Waals surface area contributed by atoms with Gasteiger partial charge >= 0.3 is 0 Å². The lowest BCUT2D eigenvalue weighted by Crippen LogP contribution is -2.48. The van der Waals surface area contributed by atoms with Gasteiger partial charge in [0, 0.05) is 24.6 Å². The second-order valence-corrected chi connectivity index (χ2v) is 7.31. The molecule has 0 saturated carbocycles. The number of ether oxygens (including phenoxy) is 1. The van der Waals surface area contributed by atoms with Crippen molar-refractivity contribution in [2.45, 2.75) is 44.8 Å². The van der Waals surface area contributed by atoms with E-state index in [2.05, 4.69) is 5.16 Å². The van der Waals surface area contributed by atoms with E-state index in [9.17, 15) is 9.90 Å². The van der Waals surface area contributed by atoms with Crippen molar-refractivity contribution in [2.75, 3.05) is 13.2 Å². The summed E-state index contributed by atoms with van der Waals surface area (Å²) in [6.45, 7) is 4.80. The first-order valence-corrected chi connectivity index (χ1v) is 8.69. The lowest BCUT2D eigenvalue weighted by atomic mass is 9.96. The third kappa shape index (κ3) is 2.91. The van der Waals surface area contributed by atoms with Gasteiger partial charge in [-0.1, -0.05) is 5.16 Å². The number of carbonyl (C=O) groups excluding carboxylic acids is 1. The molecule has 3 heterocycles. The van der Waals surface area contributed by atoms with Crippen molar-refractivity contribution in [1.29, 1.82) is 0 Å². The fourth-order valence-corrected chi connectivity index (χ4v) is 3.74. The fraction of sp³-hybridized carbons (Fsp3) is 0.474. The van der Waals surface area contributed by atoms with E-state index >= 15 is 0 Å². The molecular formula is C19H22N2O4. The Labute approximate surface area is 146 Å². The average molecular weight is 342 g/mol. The zero-order chi connectivity index (χ0) is 17.6. The summed E-state index contributed by atoms with van der Waals surface area (Å²) >= 11 is 0. The van der Waals surface area contributed by atoms with Gasteiger partial charge in [-0.15, -0.1) is 0 Å². The number of aromatic nitrogens is 1. The first kappa shape index (κ1) is 16.1. The second kappa shape index (κ2) is 5.88. The van der Waals surface area contributed by atoms with Crippen LogP contribution in [0.2, 0.25) is 0 Å². The molecule has 6 nitrogen and oxygen atoms in total. The molecule has 25 heavy (non-hydrogen) atoms. The van der Waals surface area contributed by atoms with E-state index in [1.165, 1.54) is 0 Å². The molecule has 6 heteroatoms. The molecule has 1 amide bonds. The number of amides is 1. The third-order valence-corrected chi connectivity index (χ3v) is 5.04. The van der Waals surface area contributed by atoms with E-state index in [4.69, 9.17) is 9.26 Å². The highest BCUT2D eigenvalue weighted by atomic mass is 16.5. The van der Waals surface area contributed by atoms with Crippen molar-refractivity contribution < 1.29 is 19.2 Å². The van der Waals surface area contributed by atoms with Crippen LogP contribution in [0, 0.1) is 0 Å². The highest BCUT2D eigenvalue weighted by Crippen LogP contribution is 2.32. The molecule has 0 radical (unpaired) electrons. The van der Waals surface area contributed by atoms with Gasteiger partial charge < -0.3 is 19.3 Å². The van der Waals surface area contributed by atoms with Gasteiger partial charge in [0.05, 0.1) is 18.2 Å². The smallest absolute Gasteiger partial charge is 0.292 e. The van der Waals surface area contributed by atoms with Gasteiger partial charge in [0.15, 0.2) is 0 Å². The molecule has 132 valence electrons. The monoisotopic (exact) mass is 342 g/mol. The lowest BCUT2D eigenvalue weighted by Gasteiger charge is -2.33. The van der Waals surface area contributed by atoms with E-state index in [-0.39, 0.29) is 17.7 Å². The fourth-order valence-electron chi connectivity index (χ4n) is 3.74. The van der Waals surface area contributed by atoms with E-state index < -0.39 is 5.60 Å². The predicted octanol–water partition coefficient (Wildman–Crippen LogP) is 2.65. The molecule has 2 aliphatic rings. The normalized spacial score (nSPS) is 19.8. The summed E-state index contributed by atoms with van der Waals surface area (Å²) in [6.07, 6.45) is 2.56. The zero-order valence-corrected chi connectivity index (χ0v) is 14.5. The highest BCUT2D eigenvalue weighted by Gasteiger charge is 2.39. The number of likely N-dealkylation sites (tertiary alicyclic amines) is 1. The second-order valence-electron chi connectivity index (χ2n) is 7.31. The summed E-state index contributed by atoms with van der Waals surface area (Å²) in [5, 5.41) is 14.4. The predicted molar refractivity (Wildman–Crippen MR) is 91.5 cm³/mol. The van der Waals surface area contributed by atoms with Gasteiger partial charge in [0.25, 0.3) is 5.91 Å². The summed E-state index contributed by atoms with van der Waals surface area (Å²) in [7, 11) is 0. The van der Waals surface area contributed by atoms with Crippen LogP contribution in [0.5, 0.6) is 5.75 Å². The van der Waals surface area contributed by atoms with Crippen LogP contribution in [-0.2, 0) is 6.42 Å². The Kier molecular flexibility index (Phi) is 3.80. The van der Waals surface area contributed by atoms with Gasteiger partial charge in [-0.25, -0.2) is 0 Å². The van der Waals surface area contributed by atoms with Crippen LogP contribution in [0.1, 0.15) is 42.8 Å². The molecule has 1 aromatic carbocycles. The van der Waals surface area contributed by atoms with E-state index in [0.29, 0.717) is 18.8 Å². The zero-order valence-electron chi connectivity index (χ0n) is 14.5. The Morgan fingerprint density at radius 2 is 2.20 bits per heavy atom. The van der Waals surface area contributed by atoms with Crippen LogP contribution in [0.25, 0.3) is 11.3 Å². The van der Waals surface area contributed by atoms with Crippen molar-refractivity contribution >= 4 is 5.91 Å². The molecule has 0 spiro atoms. The number of aliphatic hydroxyl groups is 1. The van der Waals surface area contributed by atoms with Crippen molar-refractivity contribution in [1.82, 2.24) is 10.1 Å². The lowest BCUT2D eigenvalue weighted by molar-refractivity contribution is -0.00104. The number of hydrogen-bond donors (Lipinski definition) is 1. The highest BCUT2D eigenvalue weighted by molar-refractivity contribution is 5.93. The summed E-state index contributed by atoms with van der Waals surface area (Å²) in [4.78, 5) is 14.5. The van der Waals surface area contributed by atoms with Crippen molar-refractivity contribution in [2.24, 2.45) is 0 Å². The topological polar surface area (TPSA) is 75.8 Å². The number of benzene rings is 1. The van der Waals surface area contributed by atoms with Crippen LogP contribution in [0.4, 0.5) is 0 Å². The maximum absolute atomic E-state index is 12.8. The average Bonchev–Trinajstić information content (AvgIpc) is 3.30. The molecular weight excluding hydrogens is 320 g/mol. The molecule has 1 atom stereocenters. The molecule has 1 unspecified atom stereocenters. The Hall–Kier alpha value is -2.34. The first-order valence-electron chi connectivity index (χ1n) is 8.69. The van der Waals surface area contributed by atoms with Crippen LogP contribution in [0.15, 0.2) is 28.8 Å². The summed E-state index contributed by atoms with van der Waals surface area (Å²) < 4.78 is 10.8. The molecule has 4 rings (SSSR count). The van der Waals surface area contributed by atoms with Gasteiger partial charge in [0.2, 0.25) is 5.76 Å². The number of hydrogen-bond acceptors (Lipinski definition) is 5.